The van der Waals surface area contributed by atoms with Crippen molar-refractivity contribution in [2.45, 2.75) is 148 Å². The third-order valence-electron chi connectivity index (χ3n) is 5.66. The molecule has 0 bridgehead atoms. The summed E-state index contributed by atoms with van der Waals surface area (Å²) in [6.45, 7) is 7.80. The van der Waals surface area contributed by atoms with Gasteiger partial charge in [0.25, 0.3) is 0 Å². The van der Waals surface area contributed by atoms with Crippen molar-refractivity contribution in [2.24, 2.45) is 0 Å². The zero-order chi connectivity index (χ0) is 19.7. The molecule has 0 amide bonds. The van der Waals surface area contributed by atoms with E-state index in [1.807, 2.05) is 0 Å². The van der Waals surface area contributed by atoms with E-state index in [0.717, 1.165) is 12.8 Å². The Morgan fingerprint density at radius 1 is 0.296 bits per heavy atom. The molecule has 0 heteroatoms. The summed E-state index contributed by atoms with van der Waals surface area (Å²) in [5.41, 5.74) is 0. The van der Waals surface area contributed by atoms with Crippen LogP contribution in [0.3, 0.4) is 0 Å². The van der Waals surface area contributed by atoms with Crippen LogP contribution in [0.25, 0.3) is 0 Å². The largest absolute Gasteiger partial charge is 0.0885 e. The van der Waals surface area contributed by atoms with Gasteiger partial charge in [-0.3, -0.25) is 0 Å². The van der Waals surface area contributed by atoms with Crippen molar-refractivity contribution < 1.29 is 0 Å². The molecule has 0 saturated carbocycles. The summed E-state index contributed by atoms with van der Waals surface area (Å²) in [5, 5.41) is 0. The summed E-state index contributed by atoms with van der Waals surface area (Å²) in [6, 6.07) is 0. The van der Waals surface area contributed by atoms with Crippen molar-refractivity contribution in [3.05, 3.63) is 26.0 Å². The van der Waals surface area contributed by atoms with Gasteiger partial charge in [0.1, 0.15) is 0 Å². The lowest BCUT2D eigenvalue weighted by molar-refractivity contribution is 0.526. The first-order chi connectivity index (χ1) is 13.4. The standard InChI is InChI=1S/C27H52/c1-3-5-7-9-11-13-15-17-19-21-23-25-27-26-24-22-20-18-16-14-12-10-8-6-4-2/h11,13H,1-10,12,14-27H2. The number of rotatable bonds is 23. The highest BCUT2D eigenvalue weighted by atomic mass is 14.0. The SMILES string of the molecule is [CH2]CCCCC=CCCCCCCCCCCCCCCCCCCC[CH2]. The molecule has 0 aliphatic heterocycles. The van der Waals surface area contributed by atoms with Crippen molar-refractivity contribution in [2.75, 3.05) is 0 Å². The van der Waals surface area contributed by atoms with Gasteiger partial charge in [0.05, 0.1) is 0 Å². The minimum absolute atomic E-state index is 1.09. The van der Waals surface area contributed by atoms with E-state index in [9.17, 15) is 0 Å². The molecule has 0 aromatic heterocycles. The van der Waals surface area contributed by atoms with Gasteiger partial charge in [0, 0.05) is 0 Å². The van der Waals surface area contributed by atoms with Crippen LogP contribution < -0.4 is 0 Å². The van der Waals surface area contributed by atoms with E-state index in [4.69, 9.17) is 0 Å². The lowest BCUT2D eigenvalue weighted by Gasteiger charge is -2.03. The zero-order valence-electron chi connectivity index (χ0n) is 18.8. The normalized spacial score (nSPS) is 11.6. The number of allylic oxidation sites excluding steroid dienone is 2. The van der Waals surface area contributed by atoms with Gasteiger partial charge in [-0.05, 0) is 25.7 Å². The van der Waals surface area contributed by atoms with E-state index in [0.29, 0.717) is 0 Å². The van der Waals surface area contributed by atoms with E-state index in [2.05, 4.69) is 26.0 Å². The monoisotopic (exact) mass is 376 g/mol. The smallest absolute Gasteiger partial charge is 0.0351 e. The van der Waals surface area contributed by atoms with Gasteiger partial charge >= 0.3 is 0 Å². The van der Waals surface area contributed by atoms with Crippen LogP contribution in [0.1, 0.15) is 148 Å². The number of hydrogen-bond acceptors (Lipinski definition) is 0. The average molecular weight is 377 g/mol. The molecule has 0 aliphatic carbocycles. The maximum absolute atomic E-state index is 3.91. The second kappa shape index (κ2) is 25.7. The van der Waals surface area contributed by atoms with E-state index >= 15 is 0 Å². The molecule has 0 aromatic carbocycles. The first-order valence-electron chi connectivity index (χ1n) is 12.6. The molecule has 27 heavy (non-hydrogen) atoms. The van der Waals surface area contributed by atoms with Gasteiger partial charge in [0.15, 0.2) is 0 Å². The van der Waals surface area contributed by atoms with Crippen LogP contribution >= 0.6 is 0 Å². The van der Waals surface area contributed by atoms with Crippen molar-refractivity contribution >= 4 is 0 Å². The topological polar surface area (TPSA) is 0 Å². The van der Waals surface area contributed by atoms with Crippen LogP contribution in [-0.4, -0.2) is 0 Å². The van der Waals surface area contributed by atoms with Crippen molar-refractivity contribution in [1.29, 1.82) is 0 Å². The summed E-state index contributed by atoms with van der Waals surface area (Å²) in [6.07, 6.45) is 36.7. The number of hydrogen-bond donors (Lipinski definition) is 0. The molecule has 0 saturated heterocycles. The molecule has 0 unspecified atom stereocenters. The molecule has 0 rings (SSSR count). The maximum Gasteiger partial charge on any atom is -0.0351 e. The highest BCUT2D eigenvalue weighted by Crippen LogP contribution is 2.14. The molecular weight excluding hydrogens is 324 g/mol. The first-order valence-corrected chi connectivity index (χ1v) is 12.6. The van der Waals surface area contributed by atoms with Crippen molar-refractivity contribution in [1.82, 2.24) is 0 Å². The lowest BCUT2D eigenvalue weighted by Crippen LogP contribution is -1.84. The summed E-state index contributed by atoms with van der Waals surface area (Å²) >= 11 is 0. The molecule has 0 heterocycles. The lowest BCUT2D eigenvalue weighted by atomic mass is 10.0. The summed E-state index contributed by atoms with van der Waals surface area (Å²) in [4.78, 5) is 0. The maximum atomic E-state index is 3.91. The van der Waals surface area contributed by atoms with Crippen LogP contribution in [0.5, 0.6) is 0 Å². The van der Waals surface area contributed by atoms with Crippen molar-refractivity contribution in [3.63, 3.8) is 0 Å². The molecule has 0 aliphatic rings. The Hall–Kier alpha value is -0.260. The molecule has 0 spiro atoms. The van der Waals surface area contributed by atoms with Gasteiger partial charge in [0.2, 0.25) is 0 Å². The first kappa shape index (κ1) is 26.7. The van der Waals surface area contributed by atoms with E-state index in [1.54, 1.807) is 0 Å². The van der Waals surface area contributed by atoms with Crippen molar-refractivity contribution in [3.8, 4) is 0 Å². The second-order valence-electron chi connectivity index (χ2n) is 8.47. The predicted octanol–water partition coefficient (Wildman–Crippen LogP) is 10.2. The molecule has 0 nitrogen and oxygen atoms in total. The third-order valence-corrected chi connectivity index (χ3v) is 5.66. The Balaban J connectivity index is 3.01. The summed E-state index contributed by atoms with van der Waals surface area (Å²) in [5.74, 6) is 0. The number of unbranched alkanes of at least 4 members (excludes halogenated alkanes) is 21. The predicted molar refractivity (Wildman–Crippen MR) is 126 cm³/mol. The minimum Gasteiger partial charge on any atom is -0.0885 e. The van der Waals surface area contributed by atoms with Crippen LogP contribution in [-0.2, 0) is 0 Å². The highest BCUT2D eigenvalue weighted by Gasteiger charge is 1.95. The van der Waals surface area contributed by atoms with E-state index in [-0.39, 0.29) is 0 Å². The van der Waals surface area contributed by atoms with Gasteiger partial charge < -0.3 is 0 Å². The molecule has 0 aromatic rings. The molecule has 0 N–H and O–H groups in total. The molecule has 160 valence electrons. The van der Waals surface area contributed by atoms with Gasteiger partial charge in [-0.25, -0.2) is 0 Å². The Kier molecular flexibility index (Phi) is 25.5. The second-order valence-corrected chi connectivity index (χ2v) is 8.47. The molecule has 2 radical (unpaired) electrons. The fraction of sp³-hybridized carbons (Fsp3) is 0.852. The Bertz CT molecular complexity index is 265. The van der Waals surface area contributed by atoms with Gasteiger partial charge in [-0.2, -0.15) is 0 Å². The zero-order valence-corrected chi connectivity index (χ0v) is 18.8. The van der Waals surface area contributed by atoms with Crippen LogP contribution in [0, 0.1) is 13.8 Å². The molecule has 0 fully saturated rings. The molecule has 0 atom stereocenters. The van der Waals surface area contributed by atoms with Gasteiger partial charge in [-0.15, -0.1) is 0 Å². The Labute approximate surface area is 174 Å². The van der Waals surface area contributed by atoms with Crippen LogP contribution in [0.2, 0.25) is 0 Å². The Morgan fingerprint density at radius 3 is 0.852 bits per heavy atom. The van der Waals surface area contributed by atoms with Gasteiger partial charge in [-0.1, -0.05) is 148 Å². The van der Waals surface area contributed by atoms with Crippen LogP contribution in [0.15, 0.2) is 12.2 Å². The third kappa shape index (κ3) is 25.7. The summed E-state index contributed by atoms with van der Waals surface area (Å²) in [7, 11) is 0. The van der Waals surface area contributed by atoms with Crippen LogP contribution in [0.4, 0.5) is 0 Å². The summed E-state index contributed by atoms with van der Waals surface area (Å²) < 4.78 is 0. The van der Waals surface area contributed by atoms with E-state index in [1.165, 1.54) is 135 Å². The average Bonchev–Trinajstić information content (AvgIpc) is 2.68. The minimum atomic E-state index is 1.09. The fourth-order valence-electron chi connectivity index (χ4n) is 3.77. The quantitative estimate of drug-likeness (QED) is 0.123. The highest BCUT2D eigenvalue weighted by molar-refractivity contribution is 4.81. The fourth-order valence-corrected chi connectivity index (χ4v) is 3.77. The molecular formula is C27H52. The van der Waals surface area contributed by atoms with E-state index < -0.39 is 0 Å². The Morgan fingerprint density at radius 2 is 0.519 bits per heavy atom.